The molecule has 0 atom stereocenters. The fourth-order valence-electron chi connectivity index (χ4n) is 2.58. The number of aromatic nitrogens is 1. The van der Waals surface area contributed by atoms with Crippen LogP contribution < -0.4 is 5.32 Å². The molecule has 0 bridgehead atoms. The van der Waals surface area contributed by atoms with E-state index in [0.717, 1.165) is 22.2 Å². The molecule has 0 saturated heterocycles. The minimum absolute atomic E-state index is 0.230. The minimum Gasteiger partial charge on any atom is -0.465 e. The molecule has 0 fully saturated rings. The second-order valence-electron chi connectivity index (χ2n) is 5.91. The fourth-order valence-corrected chi connectivity index (χ4v) is 2.58. The summed E-state index contributed by atoms with van der Waals surface area (Å²) in [5.74, 6) is 0.953. The summed E-state index contributed by atoms with van der Waals surface area (Å²) >= 11 is 0. The largest absolute Gasteiger partial charge is 0.465 e. The molecule has 2 heterocycles. The van der Waals surface area contributed by atoms with E-state index in [1.807, 2.05) is 49.4 Å². The number of anilines is 1. The molecule has 0 aliphatic carbocycles. The molecule has 0 spiro atoms. The van der Waals surface area contributed by atoms with Gasteiger partial charge in [-0.05, 0) is 67.1 Å². The normalized spacial score (nSPS) is 11.3. The highest BCUT2D eigenvalue weighted by Gasteiger charge is 2.08. The molecule has 0 aliphatic heterocycles. The van der Waals surface area contributed by atoms with Crippen molar-refractivity contribution in [2.45, 2.75) is 6.92 Å². The van der Waals surface area contributed by atoms with Crippen LogP contribution in [0.1, 0.15) is 11.3 Å². The molecular formula is C21H16N2O3. The van der Waals surface area contributed by atoms with Gasteiger partial charge in [0.2, 0.25) is 11.8 Å². The lowest BCUT2D eigenvalue weighted by molar-refractivity contribution is -0.111. The number of furan rings is 1. The molecule has 128 valence electrons. The lowest BCUT2D eigenvalue weighted by atomic mass is 10.2. The molecule has 0 unspecified atom stereocenters. The zero-order chi connectivity index (χ0) is 17.9. The van der Waals surface area contributed by atoms with Gasteiger partial charge >= 0.3 is 0 Å². The molecule has 5 heteroatoms. The van der Waals surface area contributed by atoms with Crippen molar-refractivity contribution in [3.8, 4) is 11.5 Å². The summed E-state index contributed by atoms with van der Waals surface area (Å²) < 4.78 is 10.9. The number of aryl methyl sites for hydroxylation is 1. The number of hydrogen-bond acceptors (Lipinski definition) is 4. The zero-order valence-electron chi connectivity index (χ0n) is 14.1. The maximum absolute atomic E-state index is 11.9. The summed E-state index contributed by atoms with van der Waals surface area (Å²) in [4.78, 5) is 16.5. The minimum atomic E-state index is -0.230. The Morgan fingerprint density at radius 3 is 2.73 bits per heavy atom. The van der Waals surface area contributed by atoms with Crippen molar-refractivity contribution in [3.05, 3.63) is 78.3 Å². The molecule has 4 rings (SSSR count). The van der Waals surface area contributed by atoms with Crippen molar-refractivity contribution in [2.24, 2.45) is 0 Å². The van der Waals surface area contributed by atoms with Gasteiger partial charge in [0.15, 0.2) is 5.58 Å². The van der Waals surface area contributed by atoms with E-state index in [4.69, 9.17) is 8.83 Å². The predicted molar refractivity (Wildman–Crippen MR) is 101 cm³/mol. The molecule has 1 N–H and O–H groups in total. The Bertz CT molecular complexity index is 1070. The number of oxazole rings is 1. The SMILES string of the molecule is Cc1ccc2oc(-c3ccc(NC(=O)/C=C/c4ccco4)cc3)nc2c1. The number of hydrogen-bond donors (Lipinski definition) is 1. The van der Waals surface area contributed by atoms with Crippen LogP contribution in [-0.4, -0.2) is 10.9 Å². The number of nitrogens with zero attached hydrogens (tertiary/aromatic N) is 1. The number of benzene rings is 2. The molecule has 0 saturated carbocycles. The van der Waals surface area contributed by atoms with E-state index >= 15 is 0 Å². The van der Waals surface area contributed by atoms with E-state index in [9.17, 15) is 4.79 Å². The van der Waals surface area contributed by atoms with Crippen molar-refractivity contribution in [2.75, 3.05) is 5.32 Å². The van der Waals surface area contributed by atoms with Crippen molar-refractivity contribution < 1.29 is 13.6 Å². The van der Waals surface area contributed by atoms with Gasteiger partial charge in [0, 0.05) is 17.3 Å². The van der Waals surface area contributed by atoms with E-state index in [0.29, 0.717) is 17.3 Å². The van der Waals surface area contributed by atoms with Crippen LogP contribution in [0.2, 0.25) is 0 Å². The third-order valence-electron chi connectivity index (χ3n) is 3.88. The Hall–Kier alpha value is -3.60. The van der Waals surface area contributed by atoms with Crippen molar-refractivity contribution in [1.29, 1.82) is 0 Å². The highest BCUT2D eigenvalue weighted by Crippen LogP contribution is 2.25. The summed E-state index contributed by atoms with van der Waals surface area (Å²) in [6.07, 6.45) is 4.60. The molecule has 4 aromatic rings. The lowest BCUT2D eigenvalue weighted by Crippen LogP contribution is -2.07. The number of nitrogens with one attached hydrogen (secondary N) is 1. The Morgan fingerprint density at radius 2 is 1.96 bits per heavy atom. The average molecular weight is 344 g/mol. The molecule has 0 radical (unpaired) electrons. The summed E-state index contributed by atoms with van der Waals surface area (Å²) in [5, 5.41) is 2.80. The molecule has 0 aliphatic rings. The molecule has 1 amide bonds. The van der Waals surface area contributed by atoms with E-state index in [2.05, 4.69) is 10.3 Å². The molecule has 2 aromatic carbocycles. The fraction of sp³-hybridized carbons (Fsp3) is 0.0476. The smallest absolute Gasteiger partial charge is 0.248 e. The molecular weight excluding hydrogens is 328 g/mol. The first-order chi connectivity index (χ1) is 12.7. The summed E-state index contributed by atoms with van der Waals surface area (Å²) in [7, 11) is 0. The highest BCUT2D eigenvalue weighted by molar-refractivity contribution is 6.01. The first-order valence-corrected chi connectivity index (χ1v) is 8.17. The first-order valence-electron chi connectivity index (χ1n) is 8.17. The highest BCUT2D eigenvalue weighted by atomic mass is 16.3. The number of carbonyl (C=O) groups excluding carboxylic acids is 1. The maximum Gasteiger partial charge on any atom is 0.248 e. The number of carbonyl (C=O) groups is 1. The maximum atomic E-state index is 11.9. The van der Waals surface area contributed by atoms with Gasteiger partial charge in [0.05, 0.1) is 6.26 Å². The number of rotatable bonds is 4. The van der Waals surface area contributed by atoms with E-state index in [1.54, 1.807) is 24.5 Å². The quantitative estimate of drug-likeness (QED) is 0.526. The molecule has 2 aromatic heterocycles. The van der Waals surface area contributed by atoms with Crippen LogP contribution in [0.15, 0.2) is 75.8 Å². The lowest BCUT2D eigenvalue weighted by Gasteiger charge is -2.02. The van der Waals surface area contributed by atoms with Gasteiger partial charge in [0.25, 0.3) is 0 Å². The standard InChI is InChI=1S/C21H16N2O3/c1-14-4-10-19-18(13-14)23-21(26-19)15-5-7-16(8-6-15)22-20(24)11-9-17-3-2-12-25-17/h2-13H,1H3,(H,22,24)/b11-9+. The van der Waals surface area contributed by atoms with Crippen molar-refractivity contribution >= 4 is 28.8 Å². The number of amides is 1. The van der Waals surface area contributed by atoms with Crippen LogP contribution in [0.4, 0.5) is 5.69 Å². The molecule has 5 nitrogen and oxygen atoms in total. The summed E-state index contributed by atoms with van der Waals surface area (Å²) in [6, 6.07) is 16.8. The van der Waals surface area contributed by atoms with Crippen LogP contribution in [0.3, 0.4) is 0 Å². The Kier molecular flexibility index (Phi) is 4.11. The van der Waals surface area contributed by atoms with E-state index in [1.165, 1.54) is 6.08 Å². The second kappa shape index (κ2) is 6.72. The van der Waals surface area contributed by atoms with Crippen LogP contribution in [-0.2, 0) is 4.79 Å². The van der Waals surface area contributed by atoms with Gasteiger partial charge in [-0.15, -0.1) is 0 Å². The van der Waals surface area contributed by atoms with Crippen molar-refractivity contribution in [1.82, 2.24) is 4.98 Å². The Labute approximate surface area is 150 Å². The summed E-state index contributed by atoms with van der Waals surface area (Å²) in [5.41, 5.74) is 4.27. The third kappa shape index (κ3) is 3.42. The zero-order valence-corrected chi connectivity index (χ0v) is 14.1. The van der Waals surface area contributed by atoms with Gasteiger partial charge in [-0.3, -0.25) is 4.79 Å². The van der Waals surface area contributed by atoms with Gasteiger partial charge in [-0.2, -0.15) is 0 Å². The van der Waals surface area contributed by atoms with E-state index in [-0.39, 0.29) is 5.91 Å². The first kappa shape index (κ1) is 15.9. The molecule has 26 heavy (non-hydrogen) atoms. The topological polar surface area (TPSA) is 68.3 Å². The van der Waals surface area contributed by atoms with Gasteiger partial charge in [0.1, 0.15) is 11.3 Å². The van der Waals surface area contributed by atoms with Crippen molar-refractivity contribution in [3.63, 3.8) is 0 Å². The third-order valence-corrected chi connectivity index (χ3v) is 3.88. The second-order valence-corrected chi connectivity index (χ2v) is 5.91. The Morgan fingerprint density at radius 1 is 1.12 bits per heavy atom. The number of fused-ring (bicyclic) bond motifs is 1. The van der Waals surface area contributed by atoms with Crippen LogP contribution in [0.5, 0.6) is 0 Å². The van der Waals surface area contributed by atoms with Crippen LogP contribution in [0, 0.1) is 6.92 Å². The van der Waals surface area contributed by atoms with Crippen LogP contribution >= 0.6 is 0 Å². The average Bonchev–Trinajstić information content (AvgIpc) is 3.29. The Balaban J connectivity index is 1.48. The van der Waals surface area contributed by atoms with Gasteiger partial charge in [-0.1, -0.05) is 6.07 Å². The van der Waals surface area contributed by atoms with Crippen LogP contribution in [0.25, 0.3) is 28.6 Å². The van der Waals surface area contributed by atoms with Gasteiger partial charge in [-0.25, -0.2) is 4.98 Å². The summed E-state index contributed by atoms with van der Waals surface area (Å²) in [6.45, 7) is 2.02. The van der Waals surface area contributed by atoms with E-state index < -0.39 is 0 Å². The predicted octanol–water partition coefficient (Wildman–Crippen LogP) is 5.05. The monoisotopic (exact) mass is 344 g/mol. The van der Waals surface area contributed by atoms with Gasteiger partial charge < -0.3 is 14.2 Å².